The van der Waals surface area contributed by atoms with Crippen LogP contribution in [0, 0.1) is 0 Å². The SMILES string of the molecule is O=[C]Nc1ccc(C(=O)O)c(O)c1. The average molecular weight is 180 g/mol. The van der Waals surface area contributed by atoms with Crippen LogP contribution in [0.25, 0.3) is 0 Å². The molecule has 5 nitrogen and oxygen atoms in total. The molecule has 0 saturated heterocycles. The smallest absolute Gasteiger partial charge is 0.339 e. The molecule has 0 fully saturated rings. The maximum absolute atomic E-state index is 10.4. The van der Waals surface area contributed by atoms with Gasteiger partial charge in [0.05, 0.1) is 0 Å². The van der Waals surface area contributed by atoms with Gasteiger partial charge < -0.3 is 15.5 Å². The lowest BCUT2D eigenvalue weighted by Crippen LogP contribution is -1.98. The second kappa shape index (κ2) is 3.57. The third-order valence-corrected chi connectivity index (χ3v) is 1.42. The van der Waals surface area contributed by atoms with Crippen LogP contribution >= 0.6 is 0 Å². The quantitative estimate of drug-likeness (QED) is 0.593. The molecule has 1 aromatic carbocycles. The lowest BCUT2D eigenvalue weighted by molar-refractivity contribution is 0.0694. The van der Waals surface area contributed by atoms with Gasteiger partial charge in [0, 0.05) is 11.8 Å². The van der Waals surface area contributed by atoms with Gasteiger partial charge in [0.15, 0.2) is 0 Å². The molecule has 0 atom stereocenters. The fourth-order valence-electron chi connectivity index (χ4n) is 0.849. The highest BCUT2D eigenvalue weighted by atomic mass is 16.4. The van der Waals surface area contributed by atoms with E-state index in [1.807, 2.05) is 0 Å². The van der Waals surface area contributed by atoms with Crippen molar-refractivity contribution in [1.29, 1.82) is 0 Å². The Kier molecular flexibility index (Phi) is 2.49. The minimum absolute atomic E-state index is 0.212. The predicted molar refractivity (Wildman–Crippen MR) is 44.4 cm³/mol. The van der Waals surface area contributed by atoms with Gasteiger partial charge in [-0.05, 0) is 12.1 Å². The molecule has 13 heavy (non-hydrogen) atoms. The molecule has 0 spiro atoms. The molecule has 0 heterocycles. The van der Waals surface area contributed by atoms with E-state index in [4.69, 9.17) is 10.2 Å². The van der Waals surface area contributed by atoms with Crippen molar-refractivity contribution >= 4 is 18.1 Å². The molecule has 1 aromatic rings. The molecule has 0 aliphatic heterocycles. The summed E-state index contributed by atoms with van der Waals surface area (Å²) in [6.45, 7) is 0. The number of nitrogens with one attached hydrogen (secondary N) is 1. The zero-order chi connectivity index (χ0) is 9.84. The van der Waals surface area contributed by atoms with Gasteiger partial charge in [0.25, 0.3) is 0 Å². The summed E-state index contributed by atoms with van der Waals surface area (Å²) < 4.78 is 0. The van der Waals surface area contributed by atoms with E-state index in [1.54, 1.807) is 0 Å². The Morgan fingerprint density at radius 2 is 2.15 bits per heavy atom. The first-order valence-electron chi connectivity index (χ1n) is 3.34. The Morgan fingerprint density at radius 1 is 1.46 bits per heavy atom. The third kappa shape index (κ3) is 1.96. The van der Waals surface area contributed by atoms with E-state index in [2.05, 4.69) is 5.32 Å². The first kappa shape index (κ1) is 9.05. The van der Waals surface area contributed by atoms with Crippen molar-refractivity contribution in [2.24, 2.45) is 0 Å². The predicted octanol–water partition coefficient (Wildman–Crippen LogP) is 0.569. The number of rotatable bonds is 3. The van der Waals surface area contributed by atoms with Crippen molar-refractivity contribution in [2.45, 2.75) is 0 Å². The molecular weight excluding hydrogens is 174 g/mol. The fraction of sp³-hybridized carbons (Fsp3) is 0. The topological polar surface area (TPSA) is 86.6 Å². The van der Waals surface area contributed by atoms with E-state index in [1.165, 1.54) is 18.5 Å². The van der Waals surface area contributed by atoms with Crippen LogP contribution in [-0.2, 0) is 4.79 Å². The number of amides is 1. The molecule has 0 bridgehead atoms. The molecule has 0 saturated carbocycles. The van der Waals surface area contributed by atoms with Crippen LogP contribution in [0.5, 0.6) is 5.75 Å². The van der Waals surface area contributed by atoms with Crippen LogP contribution in [0.1, 0.15) is 10.4 Å². The fourth-order valence-corrected chi connectivity index (χ4v) is 0.849. The van der Waals surface area contributed by atoms with Crippen molar-refractivity contribution in [3.05, 3.63) is 23.8 Å². The van der Waals surface area contributed by atoms with Crippen LogP contribution in [0.4, 0.5) is 5.69 Å². The lowest BCUT2D eigenvalue weighted by Gasteiger charge is -2.01. The van der Waals surface area contributed by atoms with Gasteiger partial charge in [-0.1, -0.05) is 0 Å². The summed E-state index contributed by atoms with van der Waals surface area (Å²) in [7, 11) is 0. The number of hydrogen-bond acceptors (Lipinski definition) is 3. The molecule has 3 N–H and O–H groups in total. The Labute approximate surface area is 73.6 Å². The lowest BCUT2D eigenvalue weighted by atomic mass is 10.2. The van der Waals surface area contributed by atoms with Crippen molar-refractivity contribution < 1.29 is 19.8 Å². The van der Waals surface area contributed by atoms with Gasteiger partial charge in [0.1, 0.15) is 11.3 Å². The summed E-state index contributed by atoms with van der Waals surface area (Å²) >= 11 is 0. The third-order valence-electron chi connectivity index (χ3n) is 1.42. The van der Waals surface area contributed by atoms with E-state index >= 15 is 0 Å². The number of hydrogen-bond donors (Lipinski definition) is 3. The highest BCUT2D eigenvalue weighted by molar-refractivity contribution is 5.91. The van der Waals surface area contributed by atoms with E-state index in [0.29, 0.717) is 0 Å². The number of anilines is 1. The largest absolute Gasteiger partial charge is 0.507 e. The van der Waals surface area contributed by atoms with E-state index in [0.717, 1.165) is 6.07 Å². The van der Waals surface area contributed by atoms with Gasteiger partial charge >= 0.3 is 12.4 Å². The summed E-state index contributed by atoms with van der Waals surface area (Å²) in [5, 5.41) is 19.8. The molecule has 0 aliphatic carbocycles. The Hall–Kier alpha value is -2.04. The molecular formula is C8H6NO4. The summed E-state index contributed by atoms with van der Waals surface area (Å²) in [6, 6.07) is 3.68. The number of carboxylic acid groups (broad SMARTS) is 1. The van der Waals surface area contributed by atoms with Crippen molar-refractivity contribution in [3.8, 4) is 5.75 Å². The second-order valence-corrected chi connectivity index (χ2v) is 2.26. The molecule has 5 heteroatoms. The molecule has 67 valence electrons. The number of carboxylic acids is 1. The average Bonchev–Trinajstić information content (AvgIpc) is 2.04. The van der Waals surface area contributed by atoms with Gasteiger partial charge in [-0.15, -0.1) is 0 Å². The van der Waals surface area contributed by atoms with Gasteiger partial charge in [-0.25, -0.2) is 4.79 Å². The van der Waals surface area contributed by atoms with Gasteiger partial charge in [-0.3, -0.25) is 4.79 Å². The Bertz CT molecular complexity index is 348. The number of carbonyl (C=O) groups is 1. The van der Waals surface area contributed by atoms with E-state index < -0.39 is 11.7 Å². The first-order chi connectivity index (χ1) is 6.15. The second-order valence-electron chi connectivity index (χ2n) is 2.26. The standard InChI is InChI=1S/C8H6NO4/c10-4-9-5-1-2-6(8(12)13)7(11)3-5/h1-3,11H,(H,9,10)(H,12,13). The molecule has 1 radical (unpaired) electrons. The van der Waals surface area contributed by atoms with Crippen molar-refractivity contribution in [1.82, 2.24) is 0 Å². The van der Waals surface area contributed by atoms with Crippen molar-refractivity contribution in [2.75, 3.05) is 5.32 Å². The summed E-state index contributed by atoms with van der Waals surface area (Å²) in [5.41, 5.74) is 0.0777. The Balaban J connectivity index is 3.05. The minimum Gasteiger partial charge on any atom is -0.507 e. The maximum Gasteiger partial charge on any atom is 0.339 e. The van der Waals surface area contributed by atoms with Gasteiger partial charge in [0.2, 0.25) is 0 Å². The van der Waals surface area contributed by atoms with E-state index in [9.17, 15) is 9.59 Å². The zero-order valence-electron chi connectivity index (χ0n) is 6.44. The molecule has 1 rings (SSSR count). The molecule has 0 aromatic heterocycles. The highest BCUT2D eigenvalue weighted by Crippen LogP contribution is 2.21. The van der Waals surface area contributed by atoms with Gasteiger partial charge in [-0.2, -0.15) is 0 Å². The minimum atomic E-state index is -1.22. The van der Waals surface area contributed by atoms with Crippen molar-refractivity contribution in [3.63, 3.8) is 0 Å². The zero-order valence-corrected chi connectivity index (χ0v) is 6.44. The maximum atomic E-state index is 10.4. The molecule has 0 unspecified atom stereocenters. The molecule has 0 aliphatic rings. The monoisotopic (exact) mass is 180 g/mol. The van der Waals surface area contributed by atoms with Crippen LogP contribution < -0.4 is 5.32 Å². The van der Waals surface area contributed by atoms with Crippen LogP contribution in [-0.4, -0.2) is 22.6 Å². The first-order valence-corrected chi connectivity index (χ1v) is 3.34. The normalized spacial score (nSPS) is 9.23. The highest BCUT2D eigenvalue weighted by Gasteiger charge is 2.08. The van der Waals surface area contributed by atoms with Crippen LogP contribution in [0.3, 0.4) is 0 Å². The summed E-state index contributed by atoms with van der Waals surface area (Å²) in [4.78, 5) is 20.3. The molecule has 1 amide bonds. The number of benzene rings is 1. The number of aromatic carboxylic acids is 1. The van der Waals surface area contributed by atoms with Crippen LogP contribution in [0.2, 0.25) is 0 Å². The summed E-state index contributed by atoms with van der Waals surface area (Å²) in [5.74, 6) is -1.62. The van der Waals surface area contributed by atoms with E-state index in [-0.39, 0.29) is 11.3 Å². The summed E-state index contributed by atoms with van der Waals surface area (Å²) in [6.07, 6.45) is 1.40. The van der Waals surface area contributed by atoms with Crippen LogP contribution in [0.15, 0.2) is 18.2 Å². The number of aromatic hydroxyl groups is 1. The number of carbonyl (C=O) groups excluding carboxylic acids is 1. The number of phenols is 1. The Morgan fingerprint density at radius 3 is 2.62 bits per heavy atom.